The summed E-state index contributed by atoms with van der Waals surface area (Å²) in [5, 5.41) is 0. The molecule has 60 valence electrons. The molecule has 0 saturated carbocycles. The number of amidine groups is 1. The van der Waals surface area contributed by atoms with Gasteiger partial charge in [0.25, 0.3) is 0 Å². The third-order valence-corrected chi connectivity index (χ3v) is 1.81. The number of hydrogen-bond donors (Lipinski definition) is 2. The van der Waals surface area contributed by atoms with Crippen molar-refractivity contribution in [2.45, 2.75) is 4.90 Å². The molecule has 0 aliphatic heterocycles. The van der Waals surface area contributed by atoms with Crippen molar-refractivity contribution >= 4 is 18.5 Å². The van der Waals surface area contributed by atoms with E-state index in [9.17, 15) is 0 Å². The molecule has 11 heavy (non-hydrogen) atoms. The number of thiol groups is 1. The summed E-state index contributed by atoms with van der Waals surface area (Å²) in [6.07, 6.45) is 0. The third kappa shape index (κ3) is 1.74. The summed E-state index contributed by atoms with van der Waals surface area (Å²) in [4.78, 5) is 4.72. The zero-order valence-corrected chi connectivity index (χ0v) is 7.18. The van der Waals surface area contributed by atoms with Crippen LogP contribution in [0, 0.1) is 0 Å². The van der Waals surface area contributed by atoms with Crippen LogP contribution >= 0.6 is 12.6 Å². The molecule has 0 bridgehead atoms. The van der Waals surface area contributed by atoms with Gasteiger partial charge in [0.15, 0.2) is 0 Å². The lowest BCUT2D eigenvalue weighted by Gasteiger charge is -2.01. The van der Waals surface area contributed by atoms with E-state index in [0.29, 0.717) is 5.84 Å². The molecule has 0 aliphatic carbocycles. The SMILES string of the molecule is CN=C(N)c1ccccc1S.[HH]. The average Bonchev–Trinajstić information content (AvgIpc) is 2.04. The fraction of sp³-hybridized carbons (Fsp3) is 0.125. The first-order chi connectivity index (χ1) is 5.25. The van der Waals surface area contributed by atoms with Crippen molar-refractivity contribution in [2.75, 3.05) is 7.05 Å². The fourth-order valence-electron chi connectivity index (χ4n) is 0.811. The van der Waals surface area contributed by atoms with E-state index in [-0.39, 0.29) is 1.43 Å². The first kappa shape index (κ1) is 8.14. The highest BCUT2D eigenvalue weighted by atomic mass is 32.1. The highest BCUT2D eigenvalue weighted by Crippen LogP contribution is 2.11. The number of benzene rings is 1. The monoisotopic (exact) mass is 168 g/mol. The maximum atomic E-state index is 5.60. The van der Waals surface area contributed by atoms with Gasteiger partial charge in [-0.05, 0) is 6.07 Å². The molecule has 3 heteroatoms. The van der Waals surface area contributed by atoms with Gasteiger partial charge < -0.3 is 5.73 Å². The van der Waals surface area contributed by atoms with Gasteiger partial charge in [-0.15, -0.1) is 12.6 Å². The van der Waals surface area contributed by atoms with Crippen LogP contribution in [0.25, 0.3) is 0 Å². The van der Waals surface area contributed by atoms with E-state index in [0.717, 1.165) is 10.5 Å². The van der Waals surface area contributed by atoms with Crippen molar-refractivity contribution < 1.29 is 1.43 Å². The summed E-state index contributed by atoms with van der Waals surface area (Å²) in [7, 11) is 1.66. The number of hydrogen-bond acceptors (Lipinski definition) is 2. The molecule has 0 atom stereocenters. The van der Waals surface area contributed by atoms with Crippen LogP contribution in [0.3, 0.4) is 0 Å². The number of nitrogens with two attached hydrogens (primary N) is 1. The van der Waals surface area contributed by atoms with E-state index >= 15 is 0 Å². The van der Waals surface area contributed by atoms with Crippen LogP contribution in [0.15, 0.2) is 34.2 Å². The molecule has 2 nitrogen and oxygen atoms in total. The maximum Gasteiger partial charge on any atom is 0.126 e. The molecule has 0 amide bonds. The van der Waals surface area contributed by atoms with Gasteiger partial charge in [0, 0.05) is 18.9 Å². The fourth-order valence-corrected chi connectivity index (χ4v) is 1.09. The Bertz CT molecular complexity index is 286. The zero-order valence-electron chi connectivity index (χ0n) is 6.28. The van der Waals surface area contributed by atoms with Gasteiger partial charge in [0.05, 0.1) is 0 Å². The quantitative estimate of drug-likeness (QED) is 0.373. The zero-order chi connectivity index (χ0) is 8.27. The highest BCUT2D eigenvalue weighted by molar-refractivity contribution is 7.80. The van der Waals surface area contributed by atoms with Crippen LogP contribution < -0.4 is 5.73 Å². The van der Waals surface area contributed by atoms with Gasteiger partial charge in [-0.1, -0.05) is 18.2 Å². The van der Waals surface area contributed by atoms with Crippen molar-refractivity contribution in [1.29, 1.82) is 0 Å². The summed E-state index contributed by atoms with van der Waals surface area (Å²) >= 11 is 4.23. The molecule has 0 spiro atoms. The Morgan fingerprint density at radius 1 is 1.55 bits per heavy atom. The van der Waals surface area contributed by atoms with Gasteiger partial charge >= 0.3 is 0 Å². The van der Waals surface area contributed by atoms with Crippen LogP contribution in [0.5, 0.6) is 0 Å². The third-order valence-electron chi connectivity index (χ3n) is 1.42. The number of aliphatic imine (C=N–C) groups is 1. The summed E-state index contributed by atoms with van der Waals surface area (Å²) < 4.78 is 0. The molecule has 0 fully saturated rings. The van der Waals surface area contributed by atoms with E-state index in [1.165, 1.54) is 0 Å². The van der Waals surface area contributed by atoms with Crippen molar-refractivity contribution in [3.63, 3.8) is 0 Å². The van der Waals surface area contributed by atoms with Crippen molar-refractivity contribution in [1.82, 2.24) is 0 Å². The van der Waals surface area contributed by atoms with Crippen molar-refractivity contribution in [3.8, 4) is 0 Å². The molecule has 0 saturated heterocycles. The second-order valence-electron chi connectivity index (χ2n) is 2.13. The normalized spacial score (nSPS) is 11.6. The Labute approximate surface area is 73.0 Å². The van der Waals surface area contributed by atoms with E-state index in [1.54, 1.807) is 7.05 Å². The standard InChI is InChI=1S/C8H10N2S.H2/c1-10-8(9)6-4-2-3-5-7(6)11;/h2-5,11H,1H3,(H2,9,10);1H. The topological polar surface area (TPSA) is 38.4 Å². The second-order valence-corrected chi connectivity index (χ2v) is 2.61. The maximum absolute atomic E-state index is 5.60. The largest absolute Gasteiger partial charge is 0.383 e. The highest BCUT2D eigenvalue weighted by Gasteiger charge is 1.99. The molecule has 1 aromatic carbocycles. The molecule has 0 aromatic heterocycles. The van der Waals surface area contributed by atoms with Crippen LogP contribution in [-0.2, 0) is 0 Å². The van der Waals surface area contributed by atoms with Crippen molar-refractivity contribution in [2.24, 2.45) is 10.7 Å². The van der Waals surface area contributed by atoms with E-state index < -0.39 is 0 Å². The van der Waals surface area contributed by atoms with Crippen LogP contribution in [0.1, 0.15) is 6.99 Å². The Morgan fingerprint density at radius 2 is 2.18 bits per heavy atom. The van der Waals surface area contributed by atoms with E-state index in [2.05, 4.69) is 17.6 Å². The molecule has 0 heterocycles. The minimum atomic E-state index is 0. The molecular weight excluding hydrogens is 156 g/mol. The molecule has 0 unspecified atom stereocenters. The minimum absolute atomic E-state index is 0. The van der Waals surface area contributed by atoms with Gasteiger partial charge in [-0.2, -0.15) is 0 Å². The summed E-state index contributed by atoms with van der Waals surface area (Å²) in [6.45, 7) is 0. The van der Waals surface area contributed by atoms with E-state index in [1.807, 2.05) is 24.3 Å². The lowest BCUT2D eigenvalue weighted by Crippen LogP contribution is -2.13. The van der Waals surface area contributed by atoms with Gasteiger partial charge in [0.1, 0.15) is 5.84 Å². The predicted molar refractivity (Wildman–Crippen MR) is 52.5 cm³/mol. The van der Waals surface area contributed by atoms with Crippen LogP contribution in [0.4, 0.5) is 0 Å². The molecule has 1 aromatic rings. The molecule has 1 rings (SSSR count). The Morgan fingerprint density at radius 3 is 2.73 bits per heavy atom. The number of rotatable bonds is 1. The van der Waals surface area contributed by atoms with Crippen LogP contribution in [0.2, 0.25) is 0 Å². The van der Waals surface area contributed by atoms with Gasteiger partial charge in [-0.25, -0.2) is 0 Å². The molecular formula is C8H12N2S. The minimum Gasteiger partial charge on any atom is -0.383 e. The lowest BCUT2D eigenvalue weighted by atomic mass is 10.2. The predicted octanol–water partition coefficient (Wildman–Crippen LogP) is 1.56. The Balaban J connectivity index is 0.00000121. The Kier molecular flexibility index (Phi) is 2.54. The van der Waals surface area contributed by atoms with Crippen molar-refractivity contribution in [3.05, 3.63) is 29.8 Å². The summed E-state index contributed by atoms with van der Waals surface area (Å²) in [6, 6.07) is 7.60. The summed E-state index contributed by atoms with van der Waals surface area (Å²) in [5.41, 5.74) is 6.48. The summed E-state index contributed by atoms with van der Waals surface area (Å²) in [5.74, 6) is 0.524. The van der Waals surface area contributed by atoms with E-state index in [4.69, 9.17) is 5.73 Å². The number of nitrogens with zero attached hydrogens (tertiary/aromatic N) is 1. The van der Waals surface area contributed by atoms with Gasteiger partial charge in [0.2, 0.25) is 0 Å². The smallest absolute Gasteiger partial charge is 0.126 e. The molecule has 0 aliphatic rings. The molecule has 2 N–H and O–H groups in total. The van der Waals surface area contributed by atoms with Gasteiger partial charge in [-0.3, -0.25) is 4.99 Å². The second kappa shape index (κ2) is 3.44. The first-order valence-electron chi connectivity index (χ1n) is 3.26. The molecule has 0 radical (unpaired) electrons. The Hall–Kier alpha value is -0.960. The first-order valence-corrected chi connectivity index (χ1v) is 3.71. The average molecular weight is 168 g/mol. The lowest BCUT2D eigenvalue weighted by molar-refractivity contribution is 1.34. The van der Waals surface area contributed by atoms with Crippen LogP contribution in [-0.4, -0.2) is 12.9 Å².